The number of epoxide rings is 1. The molecular formula is C13H26OSi. The molecule has 1 aliphatic heterocycles. The van der Waals surface area contributed by atoms with Crippen molar-refractivity contribution in [1.82, 2.24) is 0 Å². The smallest absolute Gasteiger partial charge is 0.0841 e. The fourth-order valence-electron chi connectivity index (χ4n) is 2.96. The Labute approximate surface area is 96.8 Å². The topological polar surface area (TPSA) is 12.5 Å². The second-order valence-electron chi connectivity index (χ2n) is 5.45. The van der Waals surface area contributed by atoms with Gasteiger partial charge >= 0.3 is 0 Å². The predicted molar refractivity (Wildman–Crippen MR) is 68.4 cm³/mol. The standard InChI is InChI=1S/C13H26OSi/c1-2-3-4-5-6-9-15-11-7-8-12-13(10-11)14-12/h11-13H,2-10,15H2,1H3. The molecule has 0 aromatic carbocycles. The second kappa shape index (κ2) is 6.05. The van der Waals surface area contributed by atoms with E-state index in [1.54, 1.807) is 6.04 Å². The highest BCUT2D eigenvalue weighted by atomic mass is 28.2. The fourth-order valence-corrected chi connectivity index (χ4v) is 5.27. The molecule has 1 saturated heterocycles. The molecule has 0 aromatic heterocycles. The van der Waals surface area contributed by atoms with Crippen molar-refractivity contribution in [2.24, 2.45) is 0 Å². The maximum Gasteiger partial charge on any atom is 0.0841 e. The molecule has 88 valence electrons. The summed E-state index contributed by atoms with van der Waals surface area (Å²) in [4.78, 5) is 0. The first-order chi connectivity index (χ1) is 7.40. The summed E-state index contributed by atoms with van der Waals surface area (Å²) in [6.45, 7) is 2.29. The molecule has 0 N–H and O–H groups in total. The summed E-state index contributed by atoms with van der Waals surface area (Å²) in [6, 6.07) is 1.60. The van der Waals surface area contributed by atoms with E-state index in [9.17, 15) is 0 Å². The lowest BCUT2D eigenvalue weighted by Crippen LogP contribution is -2.13. The number of hydrogen-bond acceptors (Lipinski definition) is 1. The molecule has 1 saturated carbocycles. The van der Waals surface area contributed by atoms with Crippen LogP contribution in [0.2, 0.25) is 11.6 Å². The van der Waals surface area contributed by atoms with Crippen LogP contribution in [0.4, 0.5) is 0 Å². The maximum absolute atomic E-state index is 5.59. The molecule has 1 aliphatic carbocycles. The summed E-state index contributed by atoms with van der Waals surface area (Å²) in [5.41, 5.74) is 1.14. The van der Waals surface area contributed by atoms with Crippen molar-refractivity contribution >= 4 is 9.52 Å². The molecule has 1 nitrogen and oxygen atoms in total. The first-order valence-electron chi connectivity index (χ1n) is 7.05. The summed E-state index contributed by atoms with van der Waals surface area (Å²) in [5, 5.41) is 0. The highest BCUT2D eigenvalue weighted by Crippen LogP contribution is 2.42. The van der Waals surface area contributed by atoms with Gasteiger partial charge in [0, 0.05) is 9.52 Å². The average molecular weight is 226 g/mol. The van der Waals surface area contributed by atoms with Gasteiger partial charge in [0.2, 0.25) is 0 Å². The molecule has 0 spiro atoms. The lowest BCUT2D eigenvalue weighted by atomic mass is 10.0. The largest absolute Gasteiger partial charge is 0.370 e. The molecule has 2 heteroatoms. The lowest BCUT2D eigenvalue weighted by Gasteiger charge is -2.17. The Morgan fingerprint density at radius 2 is 1.93 bits per heavy atom. The Balaban J connectivity index is 1.43. The van der Waals surface area contributed by atoms with Crippen LogP contribution in [-0.2, 0) is 4.74 Å². The number of fused-ring (bicyclic) bond motifs is 1. The van der Waals surface area contributed by atoms with Crippen molar-refractivity contribution in [2.45, 2.75) is 82.1 Å². The number of rotatable bonds is 7. The van der Waals surface area contributed by atoms with Gasteiger partial charge < -0.3 is 4.74 Å². The van der Waals surface area contributed by atoms with Crippen molar-refractivity contribution in [3.05, 3.63) is 0 Å². The molecule has 1 heterocycles. The van der Waals surface area contributed by atoms with Gasteiger partial charge in [-0.1, -0.05) is 51.5 Å². The van der Waals surface area contributed by atoms with Gasteiger partial charge in [-0.2, -0.15) is 0 Å². The maximum atomic E-state index is 5.59. The normalized spacial score (nSPS) is 34.6. The molecule has 0 bridgehead atoms. The van der Waals surface area contributed by atoms with Crippen LogP contribution in [0.25, 0.3) is 0 Å². The summed E-state index contributed by atoms with van der Waals surface area (Å²) in [5.74, 6) is 0. The van der Waals surface area contributed by atoms with E-state index in [2.05, 4.69) is 6.92 Å². The predicted octanol–water partition coefficient (Wildman–Crippen LogP) is 3.28. The molecular weight excluding hydrogens is 200 g/mol. The Morgan fingerprint density at radius 3 is 2.73 bits per heavy atom. The van der Waals surface area contributed by atoms with E-state index in [0.29, 0.717) is 6.10 Å². The highest BCUT2D eigenvalue weighted by molar-refractivity contribution is 6.37. The Kier molecular flexibility index (Phi) is 4.70. The van der Waals surface area contributed by atoms with Crippen LogP contribution in [0.3, 0.4) is 0 Å². The van der Waals surface area contributed by atoms with Gasteiger partial charge in [-0.05, 0) is 18.4 Å². The first kappa shape index (κ1) is 11.7. The zero-order valence-corrected chi connectivity index (χ0v) is 11.6. The first-order valence-corrected chi connectivity index (χ1v) is 8.87. The van der Waals surface area contributed by atoms with Gasteiger partial charge in [0.1, 0.15) is 0 Å². The summed E-state index contributed by atoms with van der Waals surface area (Å²) >= 11 is 0. The van der Waals surface area contributed by atoms with Crippen molar-refractivity contribution in [3.63, 3.8) is 0 Å². The number of hydrogen-bond donors (Lipinski definition) is 0. The minimum absolute atomic E-state index is 0.246. The van der Waals surface area contributed by atoms with E-state index in [0.717, 1.165) is 11.6 Å². The third-order valence-corrected chi connectivity index (χ3v) is 6.54. The number of ether oxygens (including phenoxy) is 1. The molecule has 0 radical (unpaired) electrons. The Bertz CT molecular complexity index is 183. The van der Waals surface area contributed by atoms with Gasteiger partial charge in [0.05, 0.1) is 12.2 Å². The van der Waals surface area contributed by atoms with E-state index in [1.807, 2.05) is 0 Å². The molecule has 3 unspecified atom stereocenters. The SMILES string of the molecule is CCCCCCC[SiH2]C1CCC2OC2C1. The quantitative estimate of drug-likeness (QED) is 0.369. The van der Waals surface area contributed by atoms with Gasteiger partial charge in [0.15, 0.2) is 0 Å². The van der Waals surface area contributed by atoms with Crippen LogP contribution in [0, 0.1) is 0 Å². The molecule has 2 aliphatic rings. The summed E-state index contributed by atoms with van der Waals surface area (Å²) < 4.78 is 5.59. The van der Waals surface area contributed by atoms with Gasteiger partial charge in [-0.3, -0.25) is 0 Å². The molecule has 0 aromatic rings. The fraction of sp³-hybridized carbons (Fsp3) is 1.00. The Hall–Kier alpha value is 0.177. The van der Waals surface area contributed by atoms with Crippen LogP contribution in [-0.4, -0.2) is 21.7 Å². The van der Waals surface area contributed by atoms with Gasteiger partial charge in [-0.25, -0.2) is 0 Å². The Morgan fingerprint density at radius 1 is 1.07 bits per heavy atom. The van der Waals surface area contributed by atoms with Crippen molar-refractivity contribution in [3.8, 4) is 0 Å². The minimum Gasteiger partial charge on any atom is -0.370 e. The summed E-state index contributed by atoms with van der Waals surface area (Å²) in [7, 11) is 0.246. The van der Waals surface area contributed by atoms with Crippen molar-refractivity contribution < 1.29 is 4.74 Å². The van der Waals surface area contributed by atoms with E-state index in [1.165, 1.54) is 51.4 Å². The lowest BCUT2D eigenvalue weighted by molar-refractivity contribution is 0.373. The van der Waals surface area contributed by atoms with E-state index in [-0.39, 0.29) is 9.52 Å². The molecule has 15 heavy (non-hydrogen) atoms. The van der Waals surface area contributed by atoms with E-state index < -0.39 is 0 Å². The van der Waals surface area contributed by atoms with Crippen LogP contribution in [0.1, 0.15) is 58.3 Å². The van der Waals surface area contributed by atoms with Gasteiger partial charge in [0.25, 0.3) is 0 Å². The minimum atomic E-state index is 0.246. The zero-order valence-electron chi connectivity index (χ0n) is 10.2. The average Bonchev–Trinajstić information content (AvgIpc) is 3.01. The van der Waals surface area contributed by atoms with Crippen LogP contribution >= 0.6 is 0 Å². The number of unbranched alkanes of at least 4 members (excludes halogenated alkanes) is 4. The van der Waals surface area contributed by atoms with Gasteiger partial charge in [-0.15, -0.1) is 0 Å². The summed E-state index contributed by atoms with van der Waals surface area (Å²) in [6.07, 6.45) is 13.1. The second-order valence-corrected chi connectivity index (χ2v) is 7.89. The molecule has 2 fully saturated rings. The van der Waals surface area contributed by atoms with Crippen molar-refractivity contribution in [2.75, 3.05) is 0 Å². The third kappa shape index (κ3) is 3.91. The van der Waals surface area contributed by atoms with Crippen LogP contribution < -0.4 is 0 Å². The monoisotopic (exact) mass is 226 g/mol. The van der Waals surface area contributed by atoms with E-state index in [4.69, 9.17) is 4.74 Å². The van der Waals surface area contributed by atoms with E-state index >= 15 is 0 Å². The molecule has 0 amide bonds. The molecule has 2 rings (SSSR count). The van der Waals surface area contributed by atoms with Crippen LogP contribution in [0.5, 0.6) is 0 Å². The highest BCUT2D eigenvalue weighted by Gasteiger charge is 2.43. The zero-order chi connectivity index (χ0) is 10.5. The van der Waals surface area contributed by atoms with Crippen molar-refractivity contribution in [1.29, 1.82) is 0 Å². The van der Waals surface area contributed by atoms with Crippen LogP contribution in [0.15, 0.2) is 0 Å². The third-order valence-electron chi connectivity index (χ3n) is 4.08. The molecule has 3 atom stereocenters.